The van der Waals surface area contributed by atoms with Crippen LogP contribution >= 0.6 is 11.6 Å². The SMILES string of the molecule is C=Cc1c(CO)c2c(n1-c1ccc(F)c(Cl)c1)C(C)(C)COC21CC(OCC(=O)O)C1. The topological polar surface area (TPSA) is 80.9 Å². The quantitative estimate of drug-likeness (QED) is 0.691. The van der Waals surface area contributed by atoms with Crippen molar-refractivity contribution in [2.75, 3.05) is 13.2 Å². The number of carboxylic acids is 1. The van der Waals surface area contributed by atoms with Crippen molar-refractivity contribution in [1.29, 1.82) is 0 Å². The van der Waals surface area contributed by atoms with Gasteiger partial charge in [-0.25, -0.2) is 9.18 Å². The standard InChI is InChI=1S/C23H25ClFNO5/c1-4-18-15(10-27)20-21(26(18)13-5-6-17(25)16(24)7-13)22(2,3)12-31-23(20)8-14(9-23)30-11-19(28)29/h4-7,14,27H,1,8-12H2,2-3H3,(H,28,29). The van der Waals surface area contributed by atoms with Gasteiger partial charge in [-0.15, -0.1) is 0 Å². The molecule has 1 aliphatic heterocycles. The third kappa shape index (κ3) is 3.49. The van der Waals surface area contributed by atoms with E-state index in [1.807, 2.05) is 18.4 Å². The summed E-state index contributed by atoms with van der Waals surface area (Å²) in [5.41, 5.74) is 2.77. The average Bonchev–Trinajstić information content (AvgIpc) is 3.04. The van der Waals surface area contributed by atoms with Crippen molar-refractivity contribution >= 4 is 23.6 Å². The van der Waals surface area contributed by atoms with Crippen LogP contribution in [0.2, 0.25) is 5.02 Å². The van der Waals surface area contributed by atoms with E-state index in [0.717, 1.165) is 11.3 Å². The Labute approximate surface area is 184 Å². The fourth-order valence-corrected chi connectivity index (χ4v) is 4.98. The summed E-state index contributed by atoms with van der Waals surface area (Å²) in [6.07, 6.45) is 2.40. The number of aromatic nitrogens is 1. The summed E-state index contributed by atoms with van der Waals surface area (Å²) in [5.74, 6) is -1.53. The molecule has 1 saturated carbocycles. The van der Waals surface area contributed by atoms with Gasteiger partial charge < -0.3 is 24.3 Å². The molecule has 4 rings (SSSR count). The number of hydrogen-bond acceptors (Lipinski definition) is 4. The molecule has 166 valence electrons. The molecule has 1 aromatic heterocycles. The number of aliphatic hydroxyl groups excluding tert-OH is 1. The van der Waals surface area contributed by atoms with E-state index >= 15 is 0 Å². The molecule has 1 fully saturated rings. The summed E-state index contributed by atoms with van der Waals surface area (Å²) >= 11 is 6.08. The Morgan fingerprint density at radius 1 is 1.45 bits per heavy atom. The zero-order valence-electron chi connectivity index (χ0n) is 17.5. The normalized spacial score (nSPS) is 24.0. The van der Waals surface area contributed by atoms with E-state index in [9.17, 15) is 14.3 Å². The second-order valence-electron chi connectivity index (χ2n) is 8.79. The minimum absolute atomic E-state index is 0.00543. The molecule has 6 nitrogen and oxygen atoms in total. The maximum Gasteiger partial charge on any atom is 0.329 e. The number of aliphatic carboxylic acids is 1. The van der Waals surface area contributed by atoms with Crippen LogP contribution in [0.1, 0.15) is 49.2 Å². The minimum Gasteiger partial charge on any atom is -0.480 e. The molecular formula is C23H25ClFNO5. The van der Waals surface area contributed by atoms with Crippen LogP contribution in [-0.2, 0) is 31.9 Å². The Bertz CT molecular complexity index is 1050. The number of aliphatic hydroxyl groups is 1. The summed E-state index contributed by atoms with van der Waals surface area (Å²) in [5, 5.41) is 19.2. The molecular weight excluding hydrogens is 425 g/mol. The number of fused-ring (bicyclic) bond motifs is 2. The molecule has 0 saturated heterocycles. The average molecular weight is 450 g/mol. The zero-order valence-corrected chi connectivity index (χ0v) is 18.2. The van der Waals surface area contributed by atoms with Gasteiger partial charge in [0.15, 0.2) is 0 Å². The Kier molecular flexibility index (Phi) is 5.50. The molecule has 0 amide bonds. The lowest BCUT2D eigenvalue weighted by Gasteiger charge is -2.52. The molecule has 2 N–H and O–H groups in total. The van der Waals surface area contributed by atoms with Gasteiger partial charge in [0.05, 0.1) is 30.0 Å². The number of ether oxygens (including phenoxy) is 2. The number of rotatable bonds is 6. The van der Waals surface area contributed by atoms with Crippen molar-refractivity contribution < 1.29 is 28.9 Å². The second-order valence-corrected chi connectivity index (χ2v) is 9.19. The highest BCUT2D eigenvalue weighted by Gasteiger charge is 2.56. The Hall–Kier alpha value is -2.19. The first-order valence-corrected chi connectivity index (χ1v) is 10.5. The highest BCUT2D eigenvalue weighted by molar-refractivity contribution is 6.30. The van der Waals surface area contributed by atoms with Gasteiger partial charge in [0.25, 0.3) is 0 Å². The number of carboxylic acid groups (broad SMARTS) is 1. The first-order valence-electron chi connectivity index (χ1n) is 10.1. The fourth-order valence-electron chi connectivity index (χ4n) is 4.80. The van der Waals surface area contributed by atoms with Crippen LogP contribution in [0.5, 0.6) is 0 Å². The zero-order chi connectivity index (χ0) is 22.6. The maximum atomic E-state index is 13.8. The van der Waals surface area contributed by atoms with Crippen LogP contribution in [0.3, 0.4) is 0 Å². The first kappa shape index (κ1) is 22.0. The van der Waals surface area contributed by atoms with Gasteiger partial charge in [0, 0.05) is 40.8 Å². The molecule has 31 heavy (non-hydrogen) atoms. The molecule has 0 bridgehead atoms. The lowest BCUT2D eigenvalue weighted by molar-refractivity contribution is -0.199. The number of hydrogen-bond donors (Lipinski definition) is 2. The van der Waals surface area contributed by atoms with E-state index in [1.54, 1.807) is 18.2 Å². The molecule has 1 aliphatic carbocycles. The number of benzene rings is 1. The Morgan fingerprint density at radius 2 is 2.16 bits per heavy atom. The maximum absolute atomic E-state index is 13.8. The summed E-state index contributed by atoms with van der Waals surface area (Å²) < 4.78 is 27.6. The minimum atomic E-state index is -1.02. The van der Waals surface area contributed by atoms with Gasteiger partial charge in [-0.1, -0.05) is 32.0 Å². The van der Waals surface area contributed by atoms with E-state index in [1.165, 1.54) is 6.07 Å². The van der Waals surface area contributed by atoms with Crippen molar-refractivity contribution in [2.45, 2.75) is 50.4 Å². The van der Waals surface area contributed by atoms with E-state index in [2.05, 4.69) is 6.58 Å². The smallest absolute Gasteiger partial charge is 0.329 e. The number of halogens is 2. The molecule has 2 aromatic rings. The first-order chi connectivity index (χ1) is 14.6. The Morgan fingerprint density at radius 3 is 2.74 bits per heavy atom. The highest BCUT2D eigenvalue weighted by Crippen LogP contribution is 2.56. The van der Waals surface area contributed by atoms with E-state index in [4.69, 9.17) is 26.2 Å². The van der Waals surface area contributed by atoms with Crippen LogP contribution in [-0.4, -0.2) is 40.1 Å². The molecule has 0 atom stereocenters. The van der Waals surface area contributed by atoms with Crippen LogP contribution in [0.25, 0.3) is 11.8 Å². The largest absolute Gasteiger partial charge is 0.480 e. The third-order valence-electron chi connectivity index (χ3n) is 6.19. The van der Waals surface area contributed by atoms with E-state index in [-0.39, 0.29) is 24.3 Å². The summed E-state index contributed by atoms with van der Waals surface area (Å²) in [7, 11) is 0. The molecule has 2 aliphatic rings. The highest BCUT2D eigenvalue weighted by atomic mass is 35.5. The predicted molar refractivity (Wildman–Crippen MR) is 114 cm³/mol. The van der Waals surface area contributed by atoms with Crippen molar-refractivity contribution in [3.63, 3.8) is 0 Å². The van der Waals surface area contributed by atoms with Gasteiger partial charge in [-0.05, 0) is 24.3 Å². The number of carbonyl (C=O) groups is 1. The van der Waals surface area contributed by atoms with Crippen molar-refractivity contribution in [2.24, 2.45) is 0 Å². The van der Waals surface area contributed by atoms with Gasteiger partial charge >= 0.3 is 5.97 Å². The van der Waals surface area contributed by atoms with E-state index in [0.29, 0.717) is 36.4 Å². The van der Waals surface area contributed by atoms with Crippen LogP contribution in [0.15, 0.2) is 24.8 Å². The lowest BCUT2D eigenvalue weighted by Crippen LogP contribution is -2.54. The van der Waals surface area contributed by atoms with Gasteiger partial charge in [0.2, 0.25) is 0 Å². The van der Waals surface area contributed by atoms with Gasteiger partial charge in [-0.3, -0.25) is 0 Å². The number of nitrogens with zero attached hydrogens (tertiary/aromatic N) is 1. The second kappa shape index (κ2) is 7.74. The van der Waals surface area contributed by atoms with Gasteiger partial charge in [0.1, 0.15) is 18.0 Å². The van der Waals surface area contributed by atoms with E-state index < -0.39 is 22.8 Å². The summed E-state index contributed by atoms with van der Waals surface area (Å²) in [6, 6.07) is 4.52. The fraction of sp³-hybridized carbons (Fsp3) is 0.435. The van der Waals surface area contributed by atoms with Crippen LogP contribution in [0.4, 0.5) is 4.39 Å². The third-order valence-corrected chi connectivity index (χ3v) is 6.48. The molecule has 1 aromatic carbocycles. The molecule has 1 spiro atoms. The molecule has 2 heterocycles. The van der Waals surface area contributed by atoms with Crippen molar-refractivity contribution in [3.05, 3.63) is 58.1 Å². The van der Waals surface area contributed by atoms with Crippen LogP contribution < -0.4 is 0 Å². The molecule has 0 radical (unpaired) electrons. The molecule has 0 unspecified atom stereocenters. The lowest BCUT2D eigenvalue weighted by atomic mass is 9.66. The van der Waals surface area contributed by atoms with Crippen molar-refractivity contribution in [1.82, 2.24) is 4.57 Å². The van der Waals surface area contributed by atoms with Crippen LogP contribution in [0, 0.1) is 5.82 Å². The summed E-state index contributed by atoms with van der Waals surface area (Å²) in [4.78, 5) is 10.8. The summed E-state index contributed by atoms with van der Waals surface area (Å²) in [6.45, 7) is 7.87. The van der Waals surface area contributed by atoms with Gasteiger partial charge in [-0.2, -0.15) is 0 Å². The monoisotopic (exact) mass is 449 g/mol. The van der Waals surface area contributed by atoms with Crippen molar-refractivity contribution in [3.8, 4) is 5.69 Å². The predicted octanol–water partition coefficient (Wildman–Crippen LogP) is 4.17. The molecule has 8 heteroatoms. The Balaban J connectivity index is 1.88.